The maximum absolute atomic E-state index is 12.2. The monoisotopic (exact) mass is 468 g/mol. The lowest BCUT2D eigenvalue weighted by Crippen LogP contribution is -2.17. The minimum Gasteiger partial charge on any atom is -0.507 e. The number of amides is 1. The predicted octanol–water partition coefficient (Wildman–Crippen LogP) is 4.15. The molecule has 8 heteroatoms. The molecule has 0 atom stereocenters. The highest BCUT2D eigenvalue weighted by Gasteiger charge is 2.11. The third-order valence-corrected chi connectivity index (χ3v) is 4.49. The number of carbonyl (C=O) groups excluding carboxylic acids is 2. The van der Waals surface area contributed by atoms with Gasteiger partial charge in [0.2, 0.25) is 0 Å². The number of phenols is 1. The predicted molar refractivity (Wildman–Crippen MR) is 115 cm³/mol. The Bertz CT molecular complexity index is 1080. The molecule has 3 rings (SSSR count). The van der Waals surface area contributed by atoms with Crippen LogP contribution in [-0.4, -0.2) is 30.3 Å². The average molecular weight is 469 g/mol. The zero-order valence-corrected chi connectivity index (χ0v) is 17.4. The van der Waals surface area contributed by atoms with Crippen LogP contribution in [0.4, 0.5) is 0 Å². The molecule has 0 saturated carbocycles. The standard InChI is InChI=1S/C22H17BrN2O5/c1-29-17-9-4-15(5-10-17)22(28)30-18-7-2-14(3-8-18)13-24-25-21(27)19-12-16(23)6-11-20(19)26/h2-13,26H,1H3,(H,25,27). The van der Waals surface area contributed by atoms with Crippen LogP contribution in [0, 0.1) is 0 Å². The van der Waals surface area contributed by atoms with Crippen LogP contribution in [0.3, 0.4) is 0 Å². The summed E-state index contributed by atoms with van der Waals surface area (Å²) in [5.74, 6) is -0.155. The Labute approximate surface area is 181 Å². The van der Waals surface area contributed by atoms with Gasteiger partial charge in [-0.05, 0) is 72.3 Å². The van der Waals surface area contributed by atoms with E-state index in [0.29, 0.717) is 27.1 Å². The summed E-state index contributed by atoms with van der Waals surface area (Å²) in [5.41, 5.74) is 3.53. The van der Waals surface area contributed by atoms with E-state index >= 15 is 0 Å². The molecule has 0 saturated heterocycles. The van der Waals surface area contributed by atoms with Crippen LogP contribution in [0.25, 0.3) is 0 Å². The minimum absolute atomic E-state index is 0.0994. The van der Waals surface area contributed by atoms with Crippen molar-refractivity contribution in [3.63, 3.8) is 0 Å². The first-order valence-electron chi connectivity index (χ1n) is 8.74. The molecule has 2 N–H and O–H groups in total. The molecule has 0 heterocycles. The lowest BCUT2D eigenvalue weighted by Gasteiger charge is -2.06. The molecular weight excluding hydrogens is 452 g/mol. The molecule has 3 aromatic rings. The van der Waals surface area contributed by atoms with Gasteiger partial charge < -0.3 is 14.6 Å². The number of benzene rings is 3. The van der Waals surface area contributed by atoms with Crippen LogP contribution >= 0.6 is 15.9 Å². The fourth-order valence-corrected chi connectivity index (χ4v) is 2.79. The Morgan fingerprint density at radius 2 is 1.67 bits per heavy atom. The van der Waals surface area contributed by atoms with Gasteiger partial charge in [-0.2, -0.15) is 5.10 Å². The van der Waals surface area contributed by atoms with E-state index in [9.17, 15) is 14.7 Å². The molecule has 0 aliphatic heterocycles. The molecule has 1 amide bonds. The van der Waals surface area contributed by atoms with Crippen LogP contribution in [0.1, 0.15) is 26.3 Å². The van der Waals surface area contributed by atoms with Crippen molar-refractivity contribution in [3.8, 4) is 17.2 Å². The van der Waals surface area contributed by atoms with Crippen molar-refractivity contribution in [1.29, 1.82) is 0 Å². The largest absolute Gasteiger partial charge is 0.507 e. The summed E-state index contributed by atoms with van der Waals surface area (Å²) in [6, 6.07) is 17.7. The zero-order chi connectivity index (χ0) is 21.5. The number of carbonyl (C=O) groups is 2. The highest BCUT2D eigenvalue weighted by atomic mass is 79.9. The van der Waals surface area contributed by atoms with Gasteiger partial charge in [0, 0.05) is 4.47 Å². The number of ether oxygens (including phenoxy) is 2. The lowest BCUT2D eigenvalue weighted by atomic mass is 10.2. The van der Waals surface area contributed by atoms with E-state index in [4.69, 9.17) is 9.47 Å². The quantitative estimate of drug-likeness (QED) is 0.245. The SMILES string of the molecule is COc1ccc(C(=O)Oc2ccc(C=NNC(=O)c3cc(Br)ccc3O)cc2)cc1. The summed E-state index contributed by atoms with van der Waals surface area (Å²) in [4.78, 5) is 24.3. The number of hydrogen-bond donors (Lipinski definition) is 2. The van der Waals surface area contributed by atoms with E-state index in [1.165, 1.54) is 18.3 Å². The first-order chi connectivity index (χ1) is 14.5. The summed E-state index contributed by atoms with van der Waals surface area (Å²) in [7, 11) is 1.55. The average Bonchev–Trinajstić information content (AvgIpc) is 2.76. The number of methoxy groups -OCH3 is 1. The van der Waals surface area contributed by atoms with Gasteiger partial charge in [0.15, 0.2) is 0 Å². The summed E-state index contributed by atoms with van der Waals surface area (Å²) in [6.45, 7) is 0. The van der Waals surface area contributed by atoms with E-state index in [0.717, 1.165) is 0 Å². The van der Waals surface area contributed by atoms with Crippen molar-refractivity contribution >= 4 is 34.0 Å². The lowest BCUT2D eigenvalue weighted by molar-refractivity contribution is 0.0734. The van der Waals surface area contributed by atoms with Crippen molar-refractivity contribution in [2.24, 2.45) is 5.10 Å². The summed E-state index contributed by atoms with van der Waals surface area (Å²) in [6.07, 6.45) is 1.43. The number of esters is 1. The van der Waals surface area contributed by atoms with Gasteiger partial charge in [0.1, 0.15) is 17.2 Å². The Balaban J connectivity index is 1.57. The van der Waals surface area contributed by atoms with Gasteiger partial charge in [-0.3, -0.25) is 4.79 Å². The first-order valence-corrected chi connectivity index (χ1v) is 9.54. The fraction of sp³-hybridized carbons (Fsp3) is 0.0455. The molecule has 0 spiro atoms. The van der Waals surface area contributed by atoms with Gasteiger partial charge in [-0.1, -0.05) is 15.9 Å². The number of hydrogen-bond acceptors (Lipinski definition) is 6. The molecule has 0 aliphatic carbocycles. The van der Waals surface area contributed by atoms with Gasteiger partial charge in [-0.25, -0.2) is 10.2 Å². The van der Waals surface area contributed by atoms with E-state index in [2.05, 4.69) is 26.5 Å². The summed E-state index contributed by atoms with van der Waals surface area (Å²) in [5, 5.41) is 13.6. The van der Waals surface area contributed by atoms with E-state index < -0.39 is 11.9 Å². The van der Waals surface area contributed by atoms with Crippen LogP contribution in [0.5, 0.6) is 17.2 Å². The highest BCUT2D eigenvalue weighted by molar-refractivity contribution is 9.10. The number of aromatic hydroxyl groups is 1. The Morgan fingerprint density at radius 1 is 1.00 bits per heavy atom. The van der Waals surface area contributed by atoms with Gasteiger partial charge in [0.05, 0.1) is 24.5 Å². The molecule has 0 bridgehead atoms. The van der Waals surface area contributed by atoms with Crippen molar-refractivity contribution in [2.45, 2.75) is 0 Å². The van der Waals surface area contributed by atoms with E-state index in [-0.39, 0.29) is 11.3 Å². The maximum Gasteiger partial charge on any atom is 0.343 e. The van der Waals surface area contributed by atoms with Gasteiger partial charge in [-0.15, -0.1) is 0 Å². The maximum atomic E-state index is 12.2. The van der Waals surface area contributed by atoms with E-state index in [1.54, 1.807) is 61.7 Å². The summed E-state index contributed by atoms with van der Waals surface area (Å²) < 4.78 is 11.0. The Hall–Kier alpha value is -3.65. The van der Waals surface area contributed by atoms with Gasteiger partial charge in [0.25, 0.3) is 5.91 Å². The number of phenolic OH excluding ortho intramolecular Hbond substituents is 1. The second kappa shape index (κ2) is 9.71. The second-order valence-corrected chi connectivity index (χ2v) is 6.96. The van der Waals surface area contributed by atoms with Gasteiger partial charge >= 0.3 is 5.97 Å². The van der Waals surface area contributed by atoms with Crippen LogP contribution in [0.15, 0.2) is 76.3 Å². The number of halogens is 1. The fourth-order valence-electron chi connectivity index (χ4n) is 2.43. The van der Waals surface area contributed by atoms with Crippen molar-refractivity contribution in [1.82, 2.24) is 5.43 Å². The second-order valence-electron chi connectivity index (χ2n) is 6.05. The molecule has 0 radical (unpaired) electrons. The number of rotatable bonds is 6. The van der Waals surface area contributed by atoms with Crippen molar-refractivity contribution in [3.05, 3.63) is 87.9 Å². The van der Waals surface area contributed by atoms with Crippen LogP contribution in [-0.2, 0) is 0 Å². The third-order valence-electron chi connectivity index (χ3n) is 4.00. The normalized spacial score (nSPS) is 10.6. The first kappa shape index (κ1) is 21.1. The Morgan fingerprint density at radius 3 is 2.33 bits per heavy atom. The molecule has 30 heavy (non-hydrogen) atoms. The van der Waals surface area contributed by atoms with Crippen LogP contribution < -0.4 is 14.9 Å². The zero-order valence-electron chi connectivity index (χ0n) is 15.8. The van der Waals surface area contributed by atoms with E-state index in [1.807, 2.05) is 0 Å². The smallest absolute Gasteiger partial charge is 0.343 e. The molecule has 0 aromatic heterocycles. The highest BCUT2D eigenvalue weighted by Crippen LogP contribution is 2.21. The minimum atomic E-state index is -0.546. The molecule has 0 unspecified atom stereocenters. The van der Waals surface area contributed by atoms with Crippen molar-refractivity contribution < 1.29 is 24.2 Å². The number of nitrogens with one attached hydrogen (secondary N) is 1. The Kier molecular flexibility index (Phi) is 6.82. The topological polar surface area (TPSA) is 97.2 Å². The molecular formula is C22H17BrN2O5. The molecule has 152 valence electrons. The van der Waals surface area contributed by atoms with Crippen LogP contribution in [0.2, 0.25) is 0 Å². The molecule has 0 fully saturated rings. The molecule has 3 aromatic carbocycles. The van der Waals surface area contributed by atoms with Crippen molar-refractivity contribution in [2.75, 3.05) is 7.11 Å². The molecule has 7 nitrogen and oxygen atoms in total. The summed E-state index contributed by atoms with van der Waals surface area (Å²) >= 11 is 3.24. The number of nitrogens with zero attached hydrogens (tertiary/aromatic N) is 1. The third kappa shape index (κ3) is 5.45. The molecule has 0 aliphatic rings. The number of hydrazone groups is 1.